The first kappa shape index (κ1) is 20.2. The number of hydrogen-bond acceptors (Lipinski definition) is 5. The molecule has 0 saturated carbocycles. The third-order valence-corrected chi connectivity index (χ3v) is 5.19. The van der Waals surface area contributed by atoms with Crippen molar-refractivity contribution in [2.24, 2.45) is 0 Å². The van der Waals surface area contributed by atoms with Gasteiger partial charge in [0, 0.05) is 23.2 Å². The van der Waals surface area contributed by atoms with E-state index in [2.05, 4.69) is 21.0 Å². The lowest BCUT2D eigenvalue weighted by atomic mass is 10.2. The first-order valence-electron chi connectivity index (χ1n) is 7.98. The van der Waals surface area contributed by atoms with Gasteiger partial charge < -0.3 is 10.2 Å². The molecule has 1 atom stereocenters. The van der Waals surface area contributed by atoms with E-state index in [1.807, 2.05) is 25.5 Å². The highest BCUT2D eigenvalue weighted by atomic mass is 32.2. The first-order valence-corrected chi connectivity index (χ1v) is 10.8. The number of rotatable bonds is 8. The monoisotopic (exact) mass is 393 g/mol. The van der Waals surface area contributed by atoms with Crippen molar-refractivity contribution in [1.29, 1.82) is 0 Å². The van der Waals surface area contributed by atoms with Crippen LogP contribution in [-0.2, 0) is 14.8 Å². The fourth-order valence-electron chi connectivity index (χ4n) is 2.32. The molecule has 0 saturated heterocycles. The zero-order valence-electron chi connectivity index (χ0n) is 15.0. The molecule has 0 fully saturated rings. The zero-order valence-corrected chi connectivity index (χ0v) is 16.6. The van der Waals surface area contributed by atoms with E-state index in [1.54, 1.807) is 41.7 Å². The summed E-state index contributed by atoms with van der Waals surface area (Å²) >= 11 is 1.67. The summed E-state index contributed by atoms with van der Waals surface area (Å²) in [5.74, 6) is -0.174. The Kier molecular flexibility index (Phi) is 6.96. The molecule has 0 aliphatic carbocycles. The van der Waals surface area contributed by atoms with E-state index in [0.29, 0.717) is 12.2 Å². The Labute approximate surface area is 158 Å². The summed E-state index contributed by atoms with van der Waals surface area (Å²) in [6.45, 7) is 0.522. The number of likely N-dealkylation sites (N-methyl/N-ethyl adjacent to an activating group) is 1. The summed E-state index contributed by atoms with van der Waals surface area (Å²) in [5, 5.41) is 4.94. The van der Waals surface area contributed by atoms with Crippen molar-refractivity contribution in [3.63, 3.8) is 0 Å². The Morgan fingerprint density at radius 3 is 2.46 bits per heavy atom. The molecule has 2 rings (SSSR count). The largest absolute Gasteiger partial charge is 0.351 e. The second kappa shape index (κ2) is 8.98. The maximum atomic E-state index is 12.1. The van der Waals surface area contributed by atoms with Crippen LogP contribution in [0.1, 0.15) is 16.5 Å². The van der Waals surface area contributed by atoms with Gasteiger partial charge in [-0.1, -0.05) is 18.2 Å². The third kappa shape index (κ3) is 6.62. The summed E-state index contributed by atoms with van der Waals surface area (Å²) in [6.07, 6.45) is 4.26. The van der Waals surface area contributed by atoms with Crippen LogP contribution in [0.2, 0.25) is 0 Å². The predicted octanol–water partition coefficient (Wildman–Crippen LogP) is 2.55. The number of amides is 1. The summed E-state index contributed by atoms with van der Waals surface area (Å²) in [4.78, 5) is 15.3. The molecule has 6 nitrogen and oxygen atoms in total. The molecule has 1 unspecified atom stereocenters. The van der Waals surface area contributed by atoms with Gasteiger partial charge in [0.15, 0.2) is 0 Å². The second-order valence-electron chi connectivity index (χ2n) is 6.07. The van der Waals surface area contributed by atoms with Gasteiger partial charge in [0.25, 0.3) is 0 Å². The Hall–Kier alpha value is -2.16. The minimum Gasteiger partial charge on any atom is -0.351 e. The Balaban J connectivity index is 1.90. The number of carbonyl (C=O) groups excluding carboxylic acids is 1. The molecule has 1 amide bonds. The van der Waals surface area contributed by atoms with Crippen molar-refractivity contribution < 1.29 is 13.2 Å². The van der Waals surface area contributed by atoms with Gasteiger partial charge in [-0.2, -0.15) is 0 Å². The molecule has 26 heavy (non-hydrogen) atoms. The van der Waals surface area contributed by atoms with Gasteiger partial charge in [-0.3, -0.25) is 9.52 Å². The van der Waals surface area contributed by atoms with Gasteiger partial charge in [-0.05, 0) is 49.3 Å². The molecule has 8 heteroatoms. The minimum atomic E-state index is -3.29. The lowest BCUT2D eigenvalue weighted by Gasteiger charge is -2.23. The average Bonchev–Trinajstić information content (AvgIpc) is 3.07. The number of nitrogens with one attached hydrogen (secondary N) is 2. The quantitative estimate of drug-likeness (QED) is 0.676. The maximum absolute atomic E-state index is 12.1. The van der Waals surface area contributed by atoms with Crippen LogP contribution in [0.5, 0.6) is 0 Å². The van der Waals surface area contributed by atoms with E-state index in [4.69, 9.17) is 0 Å². The van der Waals surface area contributed by atoms with E-state index >= 15 is 0 Å². The molecular formula is C18H23N3O3S2. The highest BCUT2D eigenvalue weighted by Crippen LogP contribution is 2.22. The van der Waals surface area contributed by atoms with Crippen LogP contribution in [0.3, 0.4) is 0 Å². The molecule has 1 aromatic heterocycles. The number of hydrogen-bond donors (Lipinski definition) is 2. The standard InChI is InChI=1S/C18H23N3O3S2/c1-21(2)16(17-5-4-12-25-17)13-19-18(22)11-8-14-6-9-15(10-7-14)20-26(3,23)24/h4-12,16,20H,13H2,1-3H3,(H,19,22)/b11-8+. The van der Waals surface area contributed by atoms with Crippen LogP contribution in [0.15, 0.2) is 47.9 Å². The smallest absolute Gasteiger partial charge is 0.244 e. The van der Waals surface area contributed by atoms with Crippen molar-refractivity contribution in [2.45, 2.75) is 6.04 Å². The van der Waals surface area contributed by atoms with Gasteiger partial charge >= 0.3 is 0 Å². The van der Waals surface area contributed by atoms with E-state index in [0.717, 1.165) is 11.8 Å². The van der Waals surface area contributed by atoms with Crippen molar-refractivity contribution in [2.75, 3.05) is 31.6 Å². The molecule has 0 spiro atoms. The molecule has 0 radical (unpaired) electrons. The Bertz CT molecular complexity index is 842. The van der Waals surface area contributed by atoms with Crippen molar-refractivity contribution >= 4 is 39.0 Å². The second-order valence-corrected chi connectivity index (χ2v) is 8.80. The molecule has 0 aliphatic rings. The van der Waals surface area contributed by atoms with Crippen molar-refractivity contribution in [1.82, 2.24) is 10.2 Å². The fraction of sp³-hybridized carbons (Fsp3) is 0.278. The topological polar surface area (TPSA) is 78.5 Å². The normalized spacial score (nSPS) is 13.1. The molecule has 1 heterocycles. The van der Waals surface area contributed by atoms with Crippen LogP contribution in [0.4, 0.5) is 5.69 Å². The molecule has 1 aromatic carbocycles. The number of carbonyl (C=O) groups is 1. The summed E-state index contributed by atoms with van der Waals surface area (Å²) in [7, 11) is 0.677. The van der Waals surface area contributed by atoms with E-state index < -0.39 is 10.0 Å². The average molecular weight is 394 g/mol. The zero-order chi connectivity index (χ0) is 19.2. The summed E-state index contributed by atoms with van der Waals surface area (Å²) in [6, 6.07) is 11.0. The molecule has 2 N–H and O–H groups in total. The number of sulfonamides is 1. The lowest BCUT2D eigenvalue weighted by molar-refractivity contribution is -0.116. The molecular weight excluding hydrogens is 370 g/mol. The van der Waals surface area contributed by atoms with Crippen LogP contribution in [0.25, 0.3) is 6.08 Å². The number of benzene rings is 1. The van der Waals surface area contributed by atoms with E-state index in [9.17, 15) is 13.2 Å². The minimum absolute atomic E-state index is 0.133. The Morgan fingerprint density at radius 1 is 1.23 bits per heavy atom. The molecule has 0 bridgehead atoms. The van der Waals surface area contributed by atoms with Gasteiger partial charge in [-0.15, -0.1) is 11.3 Å². The third-order valence-electron chi connectivity index (χ3n) is 3.61. The number of anilines is 1. The molecule has 2 aromatic rings. The van der Waals surface area contributed by atoms with Gasteiger partial charge in [0.2, 0.25) is 15.9 Å². The first-order chi connectivity index (χ1) is 12.2. The highest BCUT2D eigenvalue weighted by molar-refractivity contribution is 7.92. The van der Waals surface area contributed by atoms with Crippen LogP contribution in [0, 0.1) is 0 Å². The van der Waals surface area contributed by atoms with Crippen LogP contribution >= 0.6 is 11.3 Å². The lowest BCUT2D eigenvalue weighted by Crippen LogP contribution is -2.33. The van der Waals surface area contributed by atoms with Crippen LogP contribution in [-0.4, -0.2) is 46.1 Å². The summed E-state index contributed by atoms with van der Waals surface area (Å²) in [5.41, 5.74) is 1.29. The van der Waals surface area contributed by atoms with Gasteiger partial charge in [-0.25, -0.2) is 8.42 Å². The number of thiophene rings is 1. The van der Waals surface area contributed by atoms with Gasteiger partial charge in [0.05, 0.1) is 12.3 Å². The molecule has 140 valence electrons. The van der Waals surface area contributed by atoms with E-state index in [1.165, 1.54) is 11.0 Å². The van der Waals surface area contributed by atoms with Crippen molar-refractivity contribution in [3.05, 3.63) is 58.3 Å². The van der Waals surface area contributed by atoms with Gasteiger partial charge in [0.1, 0.15) is 0 Å². The fourth-order valence-corrected chi connectivity index (χ4v) is 3.81. The Morgan fingerprint density at radius 2 is 1.92 bits per heavy atom. The predicted molar refractivity (Wildman–Crippen MR) is 108 cm³/mol. The maximum Gasteiger partial charge on any atom is 0.244 e. The SMILES string of the molecule is CN(C)C(CNC(=O)/C=C/c1ccc(NS(C)(=O)=O)cc1)c1cccs1. The molecule has 0 aliphatic heterocycles. The highest BCUT2D eigenvalue weighted by Gasteiger charge is 2.15. The van der Waals surface area contributed by atoms with E-state index in [-0.39, 0.29) is 11.9 Å². The summed E-state index contributed by atoms with van der Waals surface area (Å²) < 4.78 is 24.8. The van der Waals surface area contributed by atoms with Crippen molar-refractivity contribution in [3.8, 4) is 0 Å². The number of nitrogens with zero attached hydrogens (tertiary/aromatic N) is 1. The van der Waals surface area contributed by atoms with Crippen LogP contribution < -0.4 is 10.0 Å².